The lowest BCUT2D eigenvalue weighted by atomic mass is 10.0. The Hall–Kier alpha value is -1.58. The van der Waals surface area contributed by atoms with Crippen LogP contribution in [0, 0.1) is 0 Å². The molecule has 0 aliphatic carbocycles. The minimum atomic E-state index is -4.62. The fourth-order valence-electron chi connectivity index (χ4n) is 2.60. The van der Waals surface area contributed by atoms with Crippen LogP contribution < -0.4 is 4.74 Å². The third-order valence-corrected chi connectivity index (χ3v) is 5.94. The van der Waals surface area contributed by atoms with Gasteiger partial charge in [-0.15, -0.1) is 11.3 Å². The van der Waals surface area contributed by atoms with Crippen molar-refractivity contribution in [3.05, 3.63) is 39.6 Å². The summed E-state index contributed by atoms with van der Waals surface area (Å²) in [4.78, 5) is -0.921. The van der Waals surface area contributed by atoms with Crippen molar-refractivity contribution in [3.8, 4) is 16.9 Å². The van der Waals surface area contributed by atoms with Crippen molar-refractivity contribution in [1.82, 2.24) is 0 Å². The molecule has 4 nitrogen and oxygen atoms in total. The summed E-state index contributed by atoms with van der Waals surface area (Å²) in [6, 6.07) is 5.07. The van der Waals surface area contributed by atoms with Crippen molar-refractivity contribution in [2.24, 2.45) is 0 Å². The zero-order chi connectivity index (χ0) is 17.5. The van der Waals surface area contributed by atoms with Gasteiger partial charge in [-0.3, -0.25) is 4.18 Å². The maximum atomic E-state index is 13.2. The molecule has 24 heavy (non-hydrogen) atoms. The molecule has 0 radical (unpaired) electrons. The van der Waals surface area contributed by atoms with Crippen molar-refractivity contribution in [3.63, 3.8) is 0 Å². The Kier molecular flexibility index (Phi) is 4.35. The normalized spacial score (nSPS) is 14.5. The number of benzene rings is 1. The number of halogens is 3. The molecule has 0 saturated heterocycles. The van der Waals surface area contributed by atoms with Gasteiger partial charge in [0.25, 0.3) is 10.1 Å². The maximum Gasteiger partial charge on any atom is 0.425 e. The lowest BCUT2D eigenvalue weighted by Gasteiger charge is -2.11. The Morgan fingerprint density at radius 2 is 2.08 bits per heavy atom. The van der Waals surface area contributed by atoms with E-state index in [9.17, 15) is 21.6 Å². The molecule has 0 spiro atoms. The topological polar surface area (TPSA) is 52.6 Å². The Labute approximate surface area is 141 Å². The molecular formula is C15H13F3O4S2. The van der Waals surface area contributed by atoms with Gasteiger partial charge in [0.05, 0.1) is 13.7 Å². The van der Waals surface area contributed by atoms with Gasteiger partial charge in [0.2, 0.25) is 0 Å². The largest absolute Gasteiger partial charge is 0.493 e. The SMILES string of the molecule is COS(=O)(=O)Cc1c(-c2ccc3c(c2)CCO3)csc1C(F)(F)F. The number of ether oxygens (including phenoxy) is 1. The molecule has 1 aromatic carbocycles. The van der Waals surface area contributed by atoms with Crippen LogP contribution in [-0.4, -0.2) is 22.1 Å². The lowest BCUT2D eigenvalue weighted by molar-refractivity contribution is -0.134. The van der Waals surface area contributed by atoms with Crippen LogP contribution in [0.2, 0.25) is 0 Å². The molecular weight excluding hydrogens is 365 g/mol. The monoisotopic (exact) mass is 378 g/mol. The minimum Gasteiger partial charge on any atom is -0.493 e. The predicted molar refractivity (Wildman–Crippen MR) is 83.6 cm³/mol. The van der Waals surface area contributed by atoms with E-state index in [0.29, 0.717) is 35.7 Å². The number of alkyl halides is 3. The molecule has 0 fully saturated rings. The number of fused-ring (bicyclic) bond motifs is 1. The fraction of sp³-hybridized carbons (Fsp3) is 0.333. The first-order chi connectivity index (χ1) is 11.2. The average Bonchev–Trinajstić information content (AvgIpc) is 3.11. The molecule has 0 N–H and O–H groups in total. The predicted octanol–water partition coefficient (Wildman–Crippen LogP) is 3.85. The van der Waals surface area contributed by atoms with E-state index in [0.717, 1.165) is 12.7 Å². The van der Waals surface area contributed by atoms with Crippen molar-refractivity contribution < 1.29 is 30.5 Å². The van der Waals surface area contributed by atoms with Gasteiger partial charge in [-0.2, -0.15) is 21.6 Å². The highest BCUT2D eigenvalue weighted by molar-refractivity contribution is 7.85. The number of rotatable bonds is 4. The quantitative estimate of drug-likeness (QED) is 0.759. The van der Waals surface area contributed by atoms with E-state index in [1.165, 1.54) is 5.38 Å². The molecule has 0 unspecified atom stereocenters. The molecule has 0 bridgehead atoms. The molecule has 1 aliphatic rings. The van der Waals surface area contributed by atoms with Crippen molar-refractivity contribution in [1.29, 1.82) is 0 Å². The molecule has 0 atom stereocenters. The summed E-state index contributed by atoms with van der Waals surface area (Å²) in [6.07, 6.45) is -3.95. The van der Waals surface area contributed by atoms with Crippen LogP contribution in [-0.2, 0) is 32.7 Å². The highest BCUT2D eigenvalue weighted by Gasteiger charge is 2.38. The first-order valence-electron chi connectivity index (χ1n) is 6.93. The van der Waals surface area contributed by atoms with Crippen molar-refractivity contribution in [2.75, 3.05) is 13.7 Å². The Bertz CT molecular complexity index is 869. The van der Waals surface area contributed by atoms with Crippen LogP contribution in [0.3, 0.4) is 0 Å². The molecule has 1 aliphatic heterocycles. The fourth-order valence-corrected chi connectivity index (χ4v) is 4.43. The molecule has 0 saturated carbocycles. The third-order valence-electron chi connectivity index (χ3n) is 3.73. The van der Waals surface area contributed by atoms with E-state index in [2.05, 4.69) is 4.18 Å². The van der Waals surface area contributed by atoms with E-state index in [1.54, 1.807) is 18.2 Å². The van der Waals surface area contributed by atoms with Gasteiger partial charge in [0, 0.05) is 12.0 Å². The summed E-state index contributed by atoms with van der Waals surface area (Å²) in [6.45, 7) is 0.529. The second kappa shape index (κ2) is 6.05. The minimum absolute atomic E-state index is 0.252. The molecule has 2 aromatic rings. The second-order valence-corrected chi connectivity index (χ2v) is 7.86. The van der Waals surface area contributed by atoms with Gasteiger partial charge >= 0.3 is 6.18 Å². The van der Waals surface area contributed by atoms with Crippen LogP contribution in [0.15, 0.2) is 23.6 Å². The molecule has 3 rings (SSSR count). The molecule has 2 heterocycles. The summed E-state index contributed by atoms with van der Waals surface area (Å²) in [5.41, 5.74) is 1.40. The van der Waals surface area contributed by atoms with E-state index < -0.39 is 26.9 Å². The average molecular weight is 378 g/mol. The molecule has 1 aromatic heterocycles. The van der Waals surface area contributed by atoms with Crippen molar-refractivity contribution in [2.45, 2.75) is 18.3 Å². The van der Waals surface area contributed by atoms with Crippen LogP contribution in [0.5, 0.6) is 5.75 Å². The summed E-state index contributed by atoms with van der Waals surface area (Å²) in [7, 11) is -3.15. The standard InChI is InChI=1S/C15H13F3O4S2/c1-21-24(19,20)8-12-11(7-23-14(12)15(16,17)18)9-2-3-13-10(6-9)4-5-22-13/h2-3,6-7H,4-5,8H2,1H3. The van der Waals surface area contributed by atoms with E-state index in [-0.39, 0.29) is 11.1 Å². The van der Waals surface area contributed by atoms with Gasteiger partial charge in [-0.25, -0.2) is 0 Å². The first kappa shape index (κ1) is 17.2. The number of hydrogen-bond acceptors (Lipinski definition) is 5. The Morgan fingerprint density at radius 3 is 2.75 bits per heavy atom. The van der Waals surface area contributed by atoms with E-state index >= 15 is 0 Å². The summed E-state index contributed by atoms with van der Waals surface area (Å²) >= 11 is 0.486. The Morgan fingerprint density at radius 1 is 1.33 bits per heavy atom. The van der Waals surface area contributed by atoms with Gasteiger partial charge in [0.15, 0.2) is 0 Å². The van der Waals surface area contributed by atoms with Crippen LogP contribution >= 0.6 is 11.3 Å². The lowest BCUT2D eigenvalue weighted by Crippen LogP contribution is -2.12. The van der Waals surface area contributed by atoms with Crippen LogP contribution in [0.4, 0.5) is 13.2 Å². The van der Waals surface area contributed by atoms with Crippen LogP contribution in [0.1, 0.15) is 16.0 Å². The van der Waals surface area contributed by atoms with E-state index in [1.807, 2.05) is 0 Å². The highest BCUT2D eigenvalue weighted by Crippen LogP contribution is 2.43. The zero-order valence-corrected chi connectivity index (χ0v) is 14.1. The highest BCUT2D eigenvalue weighted by atomic mass is 32.2. The molecule has 0 amide bonds. The van der Waals surface area contributed by atoms with Gasteiger partial charge < -0.3 is 4.74 Å². The van der Waals surface area contributed by atoms with Crippen molar-refractivity contribution >= 4 is 21.5 Å². The second-order valence-electron chi connectivity index (χ2n) is 5.24. The van der Waals surface area contributed by atoms with E-state index in [4.69, 9.17) is 4.74 Å². The molecule has 130 valence electrons. The van der Waals surface area contributed by atoms with Gasteiger partial charge in [-0.1, -0.05) is 6.07 Å². The Balaban J connectivity index is 2.12. The first-order valence-corrected chi connectivity index (χ1v) is 9.39. The summed E-state index contributed by atoms with van der Waals surface area (Å²) in [5, 5.41) is 1.33. The number of hydrogen-bond donors (Lipinski definition) is 0. The number of thiophene rings is 1. The third kappa shape index (κ3) is 3.28. The summed E-state index contributed by atoms with van der Waals surface area (Å²) in [5.74, 6) is -0.124. The van der Waals surface area contributed by atoms with Gasteiger partial charge in [0.1, 0.15) is 16.4 Å². The van der Waals surface area contributed by atoms with Gasteiger partial charge in [-0.05, 0) is 34.2 Å². The zero-order valence-electron chi connectivity index (χ0n) is 12.5. The molecule has 9 heteroatoms. The smallest absolute Gasteiger partial charge is 0.425 e. The van der Waals surface area contributed by atoms with Crippen LogP contribution in [0.25, 0.3) is 11.1 Å². The maximum absolute atomic E-state index is 13.2. The summed E-state index contributed by atoms with van der Waals surface area (Å²) < 4.78 is 72.8.